The van der Waals surface area contributed by atoms with Crippen molar-refractivity contribution in [2.45, 2.75) is 26.2 Å². The topological polar surface area (TPSA) is 91.7 Å². The van der Waals surface area contributed by atoms with Gasteiger partial charge in [0.2, 0.25) is 0 Å². The summed E-state index contributed by atoms with van der Waals surface area (Å²) in [5.41, 5.74) is 1.25. The molecule has 19 heavy (non-hydrogen) atoms. The fourth-order valence-corrected chi connectivity index (χ4v) is 1.78. The Morgan fingerprint density at radius 2 is 1.89 bits per heavy atom. The Balaban J connectivity index is 2.92. The smallest absolute Gasteiger partial charge is 0.314 e. The molecule has 1 unspecified atom stereocenters. The highest BCUT2D eigenvalue weighted by Crippen LogP contribution is 2.16. The molecule has 2 N–H and O–H groups in total. The Kier molecular flexibility index (Phi) is 5.23. The van der Waals surface area contributed by atoms with Crippen LogP contribution in [0.25, 0.3) is 0 Å². The standard InChI is InChI=1S/C14H16O5/c1-2-9-4-3-5-10(8-9)13(17)11(14(18)19)6-7-12(15)16/h3-5,8,11H,2,6-7H2,1H3,(H,15,16)(H,18,19). The first-order valence-corrected chi connectivity index (χ1v) is 6.03. The second-order valence-corrected chi connectivity index (χ2v) is 4.24. The van der Waals surface area contributed by atoms with Gasteiger partial charge in [0, 0.05) is 12.0 Å². The molecule has 102 valence electrons. The van der Waals surface area contributed by atoms with Crippen LogP contribution in [0.5, 0.6) is 0 Å². The number of carboxylic acids is 2. The van der Waals surface area contributed by atoms with Crippen LogP contribution in [0, 0.1) is 5.92 Å². The second-order valence-electron chi connectivity index (χ2n) is 4.24. The number of aliphatic carboxylic acids is 2. The number of carbonyl (C=O) groups is 3. The third-order valence-electron chi connectivity index (χ3n) is 2.88. The van der Waals surface area contributed by atoms with E-state index < -0.39 is 23.6 Å². The van der Waals surface area contributed by atoms with Crippen LogP contribution in [0.4, 0.5) is 0 Å². The summed E-state index contributed by atoms with van der Waals surface area (Å²) in [6.45, 7) is 1.93. The second kappa shape index (κ2) is 6.68. The van der Waals surface area contributed by atoms with E-state index in [0.29, 0.717) is 5.56 Å². The summed E-state index contributed by atoms with van der Waals surface area (Å²) in [6.07, 6.45) is 0.212. The summed E-state index contributed by atoms with van der Waals surface area (Å²) in [7, 11) is 0. The van der Waals surface area contributed by atoms with E-state index in [4.69, 9.17) is 10.2 Å². The maximum Gasteiger partial charge on any atom is 0.314 e. The van der Waals surface area contributed by atoms with Crippen LogP contribution in [0.15, 0.2) is 24.3 Å². The number of carbonyl (C=O) groups excluding carboxylic acids is 1. The molecular weight excluding hydrogens is 248 g/mol. The number of aryl methyl sites for hydroxylation is 1. The zero-order valence-corrected chi connectivity index (χ0v) is 10.6. The summed E-state index contributed by atoms with van der Waals surface area (Å²) < 4.78 is 0. The van der Waals surface area contributed by atoms with Gasteiger partial charge >= 0.3 is 11.9 Å². The first-order chi connectivity index (χ1) is 8.95. The summed E-state index contributed by atoms with van der Waals surface area (Å²) >= 11 is 0. The molecule has 1 aromatic carbocycles. The van der Waals surface area contributed by atoms with Gasteiger partial charge in [-0.25, -0.2) is 0 Å². The van der Waals surface area contributed by atoms with Gasteiger partial charge in [-0.1, -0.05) is 25.1 Å². The van der Waals surface area contributed by atoms with Crippen LogP contribution < -0.4 is 0 Å². The number of Topliss-reactive ketones (excluding diaryl/α,β-unsaturated/α-hetero) is 1. The molecule has 5 nitrogen and oxygen atoms in total. The summed E-state index contributed by atoms with van der Waals surface area (Å²) in [4.78, 5) is 33.6. The van der Waals surface area contributed by atoms with E-state index in [1.165, 1.54) is 0 Å². The van der Waals surface area contributed by atoms with E-state index in [9.17, 15) is 14.4 Å². The van der Waals surface area contributed by atoms with Gasteiger partial charge in [0.05, 0.1) is 0 Å². The zero-order valence-electron chi connectivity index (χ0n) is 10.6. The fraction of sp³-hybridized carbons (Fsp3) is 0.357. The summed E-state index contributed by atoms with van der Waals surface area (Å²) in [5, 5.41) is 17.6. The molecule has 0 aliphatic rings. The molecule has 1 rings (SSSR count). The molecule has 0 radical (unpaired) electrons. The molecule has 0 aliphatic heterocycles. The highest BCUT2D eigenvalue weighted by Gasteiger charge is 2.27. The van der Waals surface area contributed by atoms with Crippen molar-refractivity contribution >= 4 is 17.7 Å². The third kappa shape index (κ3) is 4.21. The average Bonchev–Trinajstić information content (AvgIpc) is 2.38. The zero-order chi connectivity index (χ0) is 14.4. The van der Waals surface area contributed by atoms with Gasteiger partial charge in [0.25, 0.3) is 0 Å². The van der Waals surface area contributed by atoms with Crippen molar-refractivity contribution in [3.63, 3.8) is 0 Å². The molecule has 0 spiro atoms. The Bertz CT molecular complexity index is 492. The normalized spacial score (nSPS) is 11.8. The molecule has 0 saturated heterocycles. The van der Waals surface area contributed by atoms with Crippen molar-refractivity contribution in [3.8, 4) is 0 Å². The molecule has 0 fully saturated rings. The molecule has 0 amide bonds. The molecule has 0 heterocycles. The number of hydrogen-bond donors (Lipinski definition) is 2. The molecule has 5 heteroatoms. The Morgan fingerprint density at radius 3 is 2.42 bits per heavy atom. The number of benzene rings is 1. The van der Waals surface area contributed by atoms with Crippen molar-refractivity contribution in [1.29, 1.82) is 0 Å². The van der Waals surface area contributed by atoms with Gasteiger partial charge < -0.3 is 10.2 Å². The van der Waals surface area contributed by atoms with E-state index in [1.807, 2.05) is 13.0 Å². The predicted molar refractivity (Wildman–Crippen MR) is 68.1 cm³/mol. The van der Waals surface area contributed by atoms with Crippen LogP contribution in [0.3, 0.4) is 0 Å². The first kappa shape index (κ1) is 14.9. The SMILES string of the molecule is CCc1cccc(C(=O)C(CCC(=O)O)C(=O)O)c1. The lowest BCUT2D eigenvalue weighted by Gasteiger charge is -2.10. The molecule has 1 aromatic rings. The Labute approximate surface area is 110 Å². The quantitative estimate of drug-likeness (QED) is 0.580. The van der Waals surface area contributed by atoms with Crippen molar-refractivity contribution < 1.29 is 24.6 Å². The number of carboxylic acid groups (broad SMARTS) is 2. The van der Waals surface area contributed by atoms with Gasteiger partial charge in [0.15, 0.2) is 5.78 Å². The van der Waals surface area contributed by atoms with Crippen molar-refractivity contribution in [2.75, 3.05) is 0 Å². The Morgan fingerprint density at radius 1 is 1.21 bits per heavy atom. The van der Waals surface area contributed by atoms with Crippen molar-refractivity contribution in [3.05, 3.63) is 35.4 Å². The van der Waals surface area contributed by atoms with E-state index >= 15 is 0 Å². The van der Waals surface area contributed by atoms with Crippen molar-refractivity contribution in [1.82, 2.24) is 0 Å². The summed E-state index contributed by atoms with van der Waals surface area (Å²) in [6, 6.07) is 6.75. The van der Waals surface area contributed by atoms with Crippen LogP contribution in [0.1, 0.15) is 35.7 Å². The monoisotopic (exact) mass is 264 g/mol. The van der Waals surface area contributed by atoms with Crippen LogP contribution in [-0.4, -0.2) is 27.9 Å². The van der Waals surface area contributed by atoms with E-state index in [2.05, 4.69) is 0 Å². The lowest BCUT2D eigenvalue weighted by Crippen LogP contribution is -2.25. The number of ketones is 1. The first-order valence-electron chi connectivity index (χ1n) is 6.03. The molecular formula is C14H16O5. The molecule has 0 bridgehead atoms. The van der Waals surface area contributed by atoms with Gasteiger partial charge in [-0.3, -0.25) is 14.4 Å². The fourth-order valence-electron chi connectivity index (χ4n) is 1.78. The van der Waals surface area contributed by atoms with Crippen LogP contribution in [0.2, 0.25) is 0 Å². The molecule has 1 atom stereocenters. The van der Waals surface area contributed by atoms with Crippen LogP contribution in [-0.2, 0) is 16.0 Å². The highest BCUT2D eigenvalue weighted by molar-refractivity contribution is 6.08. The third-order valence-corrected chi connectivity index (χ3v) is 2.88. The van der Waals surface area contributed by atoms with Gasteiger partial charge in [-0.2, -0.15) is 0 Å². The summed E-state index contributed by atoms with van der Waals surface area (Å²) in [5.74, 6) is -4.23. The minimum atomic E-state index is -1.30. The minimum Gasteiger partial charge on any atom is -0.481 e. The lowest BCUT2D eigenvalue weighted by atomic mass is 9.92. The van der Waals surface area contributed by atoms with Crippen molar-refractivity contribution in [2.24, 2.45) is 5.92 Å². The molecule has 0 saturated carbocycles. The van der Waals surface area contributed by atoms with E-state index in [-0.39, 0.29) is 12.8 Å². The number of rotatable bonds is 7. The Hall–Kier alpha value is -2.17. The van der Waals surface area contributed by atoms with E-state index in [0.717, 1.165) is 12.0 Å². The average molecular weight is 264 g/mol. The highest BCUT2D eigenvalue weighted by atomic mass is 16.4. The van der Waals surface area contributed by atoms with Gasteiger partial charge in [-0.15, -0.1) is 0 Å². The van der Waals surface area contributed by atoms with Crippen LogP contribution >= 0.6 is 0 Å². The minimum absolute atomic E-state index is 0.195. The van der Waals surface area contributed by atoms with Gasteiger partial charge in [-0.05, 0) is 24.5 Å². The van der Waals surface area contributed by atoms with E-state index in [1.54, 1.807) is 18.2 Å². The molecule has 0 aliphatic carbocycles. The largest absolute Gasteiger partial charge is 0.481 e. The predicted octanol–water partition coefficient (Wildman–Crippen LogP) is 2.00. The lowest BCUT2D eigenvalue weighted by molar-refractivity contribution is -0.141. The maximum absolute atomic E-state index is 12.1. The maximum atomic E-state index is 12.1. The number of hydrogen-bond acceptors (Lipinski definition) is 3. The van der Waals surface area contributed by atoms with Gasteiger partial charge in [0.1, 0.15) is 5.92 Å². The molecule has 0 aromatic heterocycles.